The minimum Gasteiger partial charge on any atom is -0.507 e. The lowest BCUT2D eigenvalue weighted by molar-refractivity contribution is -0.181. The Bertz CT molecular complexity index is 1320. The van der Waals surface area contributed by atoms with Gasteiger partial charge in [-0.3, -0.25) is 28.9 Å². The van der Waals surface area contributed by atoms with Crippen LogP contribution in [0.1, 0.15) is 53.6 Å². The summed E-state index contributed by atoms with van der Waals surface area (Å²) >= 11 is 0. The maximum absolute atomic E-state index is 14.0. The fraction of sp³-hybridized carbons (Fsp3) is 0.633. The molecule has 3 fully saturated rings. The minimum absolute atomic E-state index is 0.0137. The number of carbonyl (C=O) groups is 5. The summed E-state index contributed by atoms with van der Waals surface area (Å²) in [5.74, 6) is -9.72. The smallest absolute Gasteiger partial charge is 0.235 e. The number of nitrogens with zero attached hydrogens (tertiary/aromatic N) is 2. The van der Waals surface area contributed by atoms with E-state index < -0.39 is 64.4 Å². The van der Waals surface area contributed by atoms with Gasteiger partial charge in [0.2, 0.25) is 5.91 Å². The average Bonchev–Trinajstić information content (AvgIpc) is 3.39. The highest BCUT2D eigenvalue weighted by Gasteiger charge is 2.69. The largest absolute Gasteiger partial charge is 0.507 e. The first-order chi connectivity index (χ1) is 19.3. The van der Waals surface area contributed by atoms with Gasteiger partial charge < -0.3 is 26.2 Å². The van der Waals surface area contributed by atoms with Crippen LogP contribution >= 0.6 is 0 Å². The Morgan fingerprint density at radius 3 is 2.34 bits per heavy atom. The van der Waals surface area contributed by atoms with Crippen molar-refractivity contribution in [1.29, 1.82) is 0 Å². The van der Waals surface area contributed by atoms with Gasteiger partial charge in [-0.05, 0) is 75.4 Å². The van der Waals surface area contributed by atoms with Crippen molar-refractivity contribution in [2.75, 3.05) is 39.6 Å². The SMILES string of the molecule is CN(C)c1c(CNCC2CCCC2)cc(O)c2c1C[C@H]1C[C@H]3[C@H](N(C)C)C(=O)C(C(N)=O)C(=O)[C@@]3(O)C(=O)C1C2=O. The van der Waals surface area contributed by atoms with Crippen LogP contribution in [0.4, 0.5) is 5.69 Å². The van der Waals surface area contributed by atoms with Crippen LogP contribution in [0.2, 0.25) is 0 Å². The number of nitrogens with two attached hydrogens (primary N) is 1. The van der Waals surface area contributed by atoms with E-state index in [0.717, 1.165) is 17.8 Å². The molecule has 2 unspecified atom stereocenters. The number of carbonyl (C=O) groups excluding carboxylic acids is 5. The van der Waals surface area contributed by atoms with Gasteiger partial charge in [0.15, 0.2) is 34.7 Å². The number of primary amides is 1. The van der Waals surface area contributed by atoms with Gasteiger partial charge in [-0.2, -0.15) is 0 Å². The number of likely N-dealkylation sites (N-methyl/N-ethyl adjacent to an activating group) is 1. The quantitative estimate of drug-likeness (QED) is 0.334. The molecule has 11 heteroatoms. The van der Waals surface area contributed by atoms with Crippen LogP contribution < -0.4 is 16.0 Å². The van der Waals surface area contributed by atoms with E-state index in [4.69, 9.17) is 5.73 Å². The van der Waals surface area contributed by atoms with Gasteiger partial charge in [0.1, 0.15) is 5.75 Å². The third kappa shape index (κ3) is 4.49. The van der Waals surface area contributed by atoms with Crippen LogP contribution in [0.15, 0.2) is 6.07 Å². The summed E-state index contributed by atoms with van der Waals surface area (Å²) in [5, 5.41) is 26.3. The van der Waals surface area contributed by atoms with E-state index in [2.05, 4.69) is 5.32 Å². The lowest BCUT2D eigenvalue weighted by Gasteiger charge is -2.52. The molecule has 1 aromatic carbocycles. The molecule has 3 saturated carbocycles. The summed E-state index contributed by atoms with van der Waals surface area (Å²) in [5.41, 5.74) is 4.89. The van der Waals surface area contributed by atoms with Crippen molar-refractivity contribution >= 4 is 34.7 Å². The first-order valence-electron chi connectivity index (χ1n) is 14.4. The Kier molecular flexibility index (Phi) is 7.59. The maximum Gasteiger partial charge on any atom is 0.235 e. The van der Waals surface area contributed by atoms with Crippen molar-refractivity contribution in [3.05, 3.63) is 22.8 Å². The van der Waals surface area contributed by atoms with Gasteiger partial charge in [-0.25, -0.2) is 0 Å². The summed E-state index contributed by atoms with van der Waals surface area (Å²) in [6, 6.07) is 0.429. The number of amides is 1. The third-order valence-corrected chi connectivity index (χ3v) is 9.78. The molecule has 0 aromatic heterocycles. The molecule has 0 bridgehead atoms. The maximum atomic E-state index is 14.0. The van der Waals surface area contributed by atoms with Gasteiger partial charge in [-0.15, -0.1) is 0 Å². The number of aliphatic hydroxyl groups is 1. The fourth-order valence-corrected chi connectivity index (χ4v) is 8.05. The highest BCUT2D eigenvalue weighted by atomic mass is 16.3. The number of aromatic hydroxyl groups is 1. The highest BCUT2D eigenvalue weighted by Crippen LogP contribution is 2.52. The summed E-state index contributed by atoms with van der Waals surface area (Å²) in [4.78, 5) is 70.1. The number of nitrogens with one attached hydrogen (secondary N) is 1. The van der Waals surface area contributed by atoms with Crippen LogP contribution in [-0.4, -0.2) is 90.5 Å². The van der Waals surface area contributed by atoms with Crippen LogP contribution in [0.5, 0.6) is 5.75 Å². The molecule has 0 radical (unpaired) electrons. The molecule has 1 aromatic rings. The monoisotopic (exact) mass is 568 g/mol. The molecule has 0 spiro atoms. The zero-order chi connectivity index (χ0) is 30.0. The Morgan fingerprint density at radius 1 is 1.10 bits per heavy atom. The molecule has 5 N–H and O–H groups in total. The second-order valence-corrected chi connectivity index (χ2v) is 12.7. The number of rotatable bonds is 7. The molecule has 0 aliphatic heterocycles. The van der Waals surface area contributed by atoms with Crippen molar-refractivity contribution in [2.24, 2.45) is 35.3 Å². The van der Waals surface area contributed by atoms with Crippen molar-refractivity contribution < 1.29 is 34.2 Å². The van der Waals surface area contributed by atoms with E-state index >= 15 is 0 Å². The van der Waals surface area contributed by atoms with E-state index in [-0.39, 0.29) is 24.2 Å². The minimum atomic E-state index is -2.72. The zero-order valence-corrected chi connectivity index (χ0v) is 24.1. The molecular formula is C30H40N4O7. The summed E-state index contributed by atoms with van der Waals surface area (Å²) in [7, 11) is 6.86. The number of phenolic OH excluding ortho intramolecular Hbond substituents is 1. The molecule has 222 valence electrons. The normalized spacial score (nSPS) is 31.7. The summed E-state index contributed by atoms with van der Waals surface area (Å²) in [6.07, 6.45) is 5.14. The molecular weight excluding hydrogens is 528 g/mol. The molecule has 11 nitrogen and oxygen atoms in total. The van der Waals surface area contributed by atoms with Gasteiger partial charge in [0.25, 0.3) is 0 Å². The summed E-state index contributed by atoms with van der Waals surface area (Å²) in [6.45, 7) is 1.36. The van der Waals surface area contributed by atoms with Crippen molar-refractivity contribution in [3.8, 4) is 5.75 Å². The van der Waals surface area contributed by atoms with E-state index in [1.807, 2.05) is 19.0 Å². The second-order valence-electron chi connectivity index (χ2n) is 12.7. The lowest BCUT2D eigenvalue weighted by atomic mass is 9.52. The van der Waals surface area contributed by atoms with Crippen LogP contribution in [-0.2, 0) is 32.1 Å². The number of hydrogen-bond donors (Lipinski definition) is 4. The average molecular weight is 569 g/mol. The highest BCUT2D eigenvalue weighted by molar-refractivity contribution is 6.32. The van der Waals surface area contributed by atoms with Gasteiger partial charge in [0, 0.05) is 32.2 Å². The Balaban J connectivity index is 1.55. The number of phenols is 1. The van der Waals surface area contributed by atoms with Gasteiger partial charge >= 0.3 is 0 Å². The molecule has 5 rings (SSSR count). The van der Waals surface area contributed by atoms with Crippen molar-refractivity contribution in [3.63, 3.8) is 0 Å². The number of fused-ring (bicyclic) bond motifs is 3. The van der Waals surface area contributed by atoms with Gasteiger partial charge in [-0.1, -0.05) is 12.8 Å². The van der Waals surface area contributed by atoms with Crippen LogP contribution in [0, 0.1) is 29.6 Å². The Labute approximate surface area is 239 Å². The number of Topliss-reactive ketones (excluding diaryl/α,β-unsaturated/α-hetero) is 4. The predicted molar refractivity (Wildman–Crippen MR) is 149 cm³/mol. The van der Waals surface area contributed by atoms with Crippen molar-refractivity contribution in [2.45, 2.75) is 56.7 Å². The summed E-state index contributed by atoms with van der Waals surface area (Å²) < 4.78 is 0. The van der Waals surface area contributed by atoms with Crippen molar-refractivity contribution in [1.82, 2.24) is 10.2 Å². The second kappa shape index (κ2) is 10.6. The number of hydrogen-bond acceptors (Lipinski definition) is 10. The number of benzene rings is 1. The first kappa shape index (κ1) is 29.3. The van der Waals surface area contributed by atoms with E-state index in [0.29, 0.717) is 18.0 Å². The molecule has 4 aliphatic rings. The Morgan fingerprint density at radius 2 is 1.76 bits per heavy atom. The molecule has 1 amide bonds. The fourth-order valence-electron chi connectivity index (χ4n) is 8.05. The molecule has 4 aliphatic carbocycles. The predicted octanol–water partition coefficient (Wildman–Crippen LogP) is 0.213. The molecule has 6 atom stereocenters. The molecule has 41 heavy (non-hydrogen) atoms. The van der Waals surface area contributed by atoms with E-state index in [1.165, 1.54) is 30.6 Å². The first-order valence-corrected chi connectivity index (χ1v) is 14.4. The zero-order valence-electron chi connectivity index (χ0n) is 24.1. The van der Waals surface area contributed by atoms with Crippen LogP contribution in [0.3, 0.4) is 0 Å². The molecule has 0 saturated heterocycles. The number of ketones is 4. The van der Waals surface area contributed by atoms with E-state index in [1.54, 1.807) is 20.2 Å². The third-order valence-electron chi connectivity index (χ3n) is 9.78. The van der Waals surface area contributed by atoms with Gasteiger partial charge in [0.05, 0.1) is 17.5 Å². The van der Waals surface area contributed by atoms with E-state index in [9.17, 15) is 34.2 Å². The topological polar surface area (TPSA) is 170 Å². The lowest BCUT2D eigenvalue weighted by Crippen LogP contribution is -2.74. The Hall–Kier alpha value is -3.15. The van der Waals surface area contributed by atoms with Crippen LogP contribution in [0.25, 0.3) is 0 Å². The standard InChI is InChI=1S/C30H40N4O7/c1-33(2)23-16(13-32-12-14-7-5-6-8-14)11-19(35)21-17(23)9-15-10-18-24(34(3)4)26(37)22(29(31)40)28(39)30(18,41)27(38)20(15)25(21)36/h11,14-15,18,20,22,24,32,35,41H,5-10,12-13H2,1-4H3,(H2,31,40)/t15-,18-,20?,22?,24-,30-/m0/s1. The molecule has 0 heterocycles. The number of anilines is 1.